The van der Waals surface area contributed by atoms with Gasteiger partial charge in [-0.25, -0.2) is 10.2 Å². The fraction of sp³-hybridized carbons (Fsp3) is 0.375. The van der Waals surface area contributed by atoms with Crippen molar-refractivity contribution < 1.29 is 14.3 Å². The van der Waals surface area contributed by atoms with Gasteiger partial charge in [0.05, 0.1) is 13.3 Å². The number of aromatic amines is 1. The van der Waals surface area contributed by atoms with Crippen molar-refractivity contribution in [2.24, 2.45) is 10.5 Å². The summed E-state index contributed by atoms with van der Waals surface area (Å²) < 4.78 is 4.56. The van der Waals surface area contributed by atoms with Crippen molar-refractivity contribution in [3.63, 3.8) is 0 Å². The Bertz CT molecular complexity index is 764. The summed E-state index contributed by atoms with van der Waals surface area (Å²) >= 11 is 0. The summed E-state index contributed by atoms with van der Waals surface area (Å²) in [7, 11) is 1.24. The highest BCUT2D eigenvalue weighted by Gasteiger charge is 2.33. The molecule has 0 saturated heterocycles. The van der Waals surface area contributed by atoms with Gasteiger partial charge in [0, 0.05) is 5.56 Å². The van der Waals surface area contributed by atoms with Gasteiger partial charge in [-0.1, -0.05) is 45.0 Å². The van der Waals surface area contributed by atoms with E-state index in [2.05, 4.69) is 41.2 Å². The first-order chi connectivity index (χ1) is 12.3. The standard InChI is InChI=1S/C16H21N7O3/c1-16(2,3)12(18-15(25)26-4)14(24)21-17-9-10-5-7-11(8-6-10)13-19-22-23-20-13/h5-9,12H,1-4H3,(H,18,25)(H,21,24)(H,19,20,22,23)/b17-9+/t12-/m1/s1. The van der Waals surface area contributed by atoms with Crippen LogP contribution in [0, 0.1) is 5.41 Å². The van der Waals surface area contributed by atoms with Crippen LogP contribution in [0.4, 0.5) is 4.79 Å². The van der Waals surface area contributed by atoms with E-state index < -0.39 is 23.5 Å². The molecule has 10 heteroatoms. The summed E-state index contributed by atoms with van der Waals surface area (Å²) in [4.78, 5) is 23.7. The molecular weight excluding hydrogens is 338 g/mol. The molecule has 10 nitrogen and oxygen atoms in total. The minimum atomic E-state index is -0.798. The fourth-order valence-electron chi connectivity index (χ4n) is 2.09. The van der Waals surface area contributed by atoms with Crippen molar-refractivity contribution in [3.05, 3.63) is 29.8 Å². The third kappa shape index (κ3) is 5.10. The Hall–Kier alpha value is -3.30. The Labute approximate surface area is 150 Å². The van der Waals surface area contributed by atoms with Crippen molar-refractivity contribution in [1.82, 2.24) is 31.4 Å². The van der Waals surface area contributed by atoms with Gasteiger partial charge in [-0.15, -0.1) is 10.2 Å². The van der Waals surface area contributed by atoms with Gasteiger partial charge in [0.2, 0.25) is 5.82 Å². The topological polar surface area (TPSA) is 134 Å². The maximum absolute atomic E-state index is 12.3. The molecule has 1 aromatic heterocycles. The molecule has 1 atom stereocenters. The number of aromatic nitrogens is 4. The zero-order valence-corrected chi connectivity index (χ0v) is 15.0. The van der Waals surface area contributed by atoms with E-state index in [-0.39, 0.29) is 0 Å². The summed E-state index contributed by atoms with van der Waals surface area (Å²) in [6.07, 6.45) is 0.816. The highest BCUT2D eigenvalue weighted by atomic mass is 16.5. The van der Waals surface area contributed by atoms with E-state index >= 15 is 0 Å². The Kier molecular flexibility index (Phi) is 5.99. The average molecular weight is 359 g/mol. The second-order valence-electron chi connectivity index (χ2n) is 6.53. The number of hydrazone groups is 1. The van der Waals surface area contributed by atoms with Crippen molar-refractivity contribution in [1.29, 1.82) is 0 Å². The Morgan fingerprint density at radius 3 is 2.50 bits per heavy atom. The number of ether oxygens (including phenoxy) is 1. The molecular formula is C16H21N7O3. The van der Waals surface area contributed by atoms with Crippen LogP contribution in [0.2, 0.25) is 0 Å². The van der Waals surface area contributed by atoms with Gasteiger partial charge in [-0.3, -0.25) is 4.79 Å². The number of amides is 2. The monoisotopic (exact) mass is 359 g/mol. The van der Waals surface area contributed by atoms with Crippen LogP contribution >= 0.6 is 0 Å². The first-order valence-corrected chi connectivity index (χ1v) is 7.82. The summed E-state index contributed by atoms with van der Waals surface area (Å²) in [5.74, 6) is 0.0475. The number of benzene rings is 1. The molecule has 3 N–H and O–H groups in total. The minimum absolute atomic E-state index is 0.442. The second-order valence-corrected chi connectivity index (χ2v) is 6.53. The lowest BCUT2D eigenvalue weighted by Crippen LogP contribution is -2.52. The summed E-state index contributed by atoms with van der Waals surface area (Å²) in [6.45, 7) is 5.48. The molecule has 1 heterocycles. The molecule has 0 bridgehead atoms. The molecule has 0 fully saturated rings. The molecule has 1 aromatic carbocycles. The van der Waals surface area contributed by atoms with Gasteiger partial charge in [0.1, 0.15) is 6.04 Å². The SMILES string of the molecule is COC(=O)N[C@H](C(=O)N/N=C/c1ccc(-c2nn[nH]n2)cc1)C(C)(C)C. The number of nitrogens with zero attached hydrogens (tertiary/aromatic N) is 4. The number of tetrazole rings is 1. The highest BCUT2D eigenvalue weighted by Crippen LogP contribution is 2.19. The van der Waals surface area contributed by atoms with Gasteiger partial charge < -0.3 is 10.1 Å². The van der Waals surface area contributed by atoms with Crippen molar-refractivity contribution in [3.8, 4) is 11.4 Å². The zero-order valence-electron chi connectivity index (χ0n) is 15.0. The van der Waals surface area contributed by atoms with Crippen molar-refractivity contribution >= 4 is 18.2 Å². The number of hydrogen-bond acceptors (Lipinski definition) is 7. The van der Waals surface area contributed by atoms with E-state index in [9.17, 15) is 9.59 Å². The summed E-state index contributed by atoms with van der Waals surface area (Å²) in [5.41, 5.74) is 3.49. The number of H-pyrrole nitrogens is 1. The van der Waals surface area contributed by atoms with Gasteiger partial charge in [-0.05, 0) is 16.2 Å². The largest absolute Gasteiger partial charge is 0.453 e. The number of hydrogen-bond donors (Lipinski definition) is 3. The fourth-order valence-corrected chi connectivity index (χ4v) is 2.09. The number of rotatable bonds is 5. The second kappa shape index (κ2) is 8.19. The molecule has 2 amide bonds. The van der Waals surface area contributed by atoms with Crippen LogP contribution in [0.15, 0.2) is 29.4 Å². The smallest absolute Gasteiger partial charge is 0.407 e. The number of carbonyl (C=O) groups excluding carboxylic acids is 2. The molecule has 2 rings (SSSR count). The molecule has 138 valence electrons. The van der Waals surface area contributed by atoms with Crippen LogP contribution in [0.3, 0.4) is 0 Å². The van der Waals surface area contributed by atoms with Gasteiger partial charge >= 0.3 is 6.09 Å². The van der Waals surface area contributed by atoms with E-state index in [1.807, 2.05) is 32.9 Å². The van der Waals surface area contributed by atoms with Crippen molar-refractivity contribution in [2.45, 2.75) is 26.8 Å². The van der Waals surface area contributed by atoms with Gasteiger partial charge in [-0.2, -0.15) is 10.3 Å². The number of methoxy groups -OCH3 is 1. The van der Waals surface area contributed by atoms with Crippen LogP contribution in [0.1, 0.15) is 26.3 Å². The van der Waals surface area contributed by atoms with Crippen LogP contribution in [-0.2, 0) is 9.53 Å². The molecule has 0 spiro atoms. The van der Waals surface area contributed by atoms with E-state index in [0.717, 1.165) is 11.1 Å². The van der Waals surface area contributed by atoms with E-state index in [1.165, 1.54) is 13.3 Å². The number of nitrogens with one attached hydrogen (secondary N) is 3. The lowest BCUT2D eigenvalue weighted by Gasteiger charge is -2.28. The maximum atomic E-state index is 12.3. The van der Waals surface area contributed by atoms with E-state index in [1.54, 1.807) is 12.1 Å². The normalized spacial score (nSPS) is 12.6. The molecule has 0 aliphatic heterocycles. The van der Waals surface area contributed by atoms with Crippen molar-refractivity contribution in [2.75, 3.05) is 7.11 Å². The Balaban J connectivity index is 1.99. The number of carbonyl (C=O) groups is 2. The van der Waals surface area contributed by atoms with Crippen LogP contribution in [0.25, 0.3) is 11.4 Å². The lowest BCUT2D eigenvalue weighted by molar-refractivity contribution is -0.125. The van der Waals surface area contributed by atoms with E-state index in [0.29, 0.717) is 5.82 Å². The van der Waals surface area contributed by atoms with Gasteiger partial charge in [0.25, 0.3) is 5.91 Å². The molecule has 0 radical (unpaired) electrons. The number of alkyl carbamates (subject to hydrolysis) is 1. The lowest BCUT2D eigenvalue weighted by atomic mass is 9.86. The highest BCUT2D eigenvalue weighted by molar-refractivity contribution is 5.88. The van der Waals surface area contributed by atoms with Crippen LogP contribution in [0.5, 0.6) is 0 Å². The molecule has 0 aliphatic rings. The average Bonchev–Trinajstić information content (AvgIpc) is 3.13. The zero-order chi connectivity index (χ0) is 19.2. The predicted molar refractivity (Wildman–Crippen MR) is 94.1 cm³/mol. The Morgan fingerprint density at radius 2 is 1.96 bits per heavy atom. The van der Waals surface area contributed by atoms with Crippen LogP contribution < -0.4 is 10.7 Å². The summed E-state index contributed by atoms with van der Waals surface area (Å²) in [5, 5.41) is 20.1. The molecule has 2 aromatic rings. The third-order valence-corrected chi connectivity index (χ3v) is 3.48. The third-order valence-electron chi connectivity index (χ3n) is 3.48. The Morgan fingerprint density at radius 1 is 1.27 bits per heavy atom. The van der Waals surface area contributed by atoms with Crippen LogP contribution in [-0.4, -0.2) is 52.0 Å². The van der Waals surface area contributed by atoms with E-state index in [4.69, 9.17) is 0 Å². The maximum Gasteiger partial charge on any atom is 0.407 e. The molecule has 26 heavy (non-hydrogen) atoms. The first-order valence-electron chi connectivity index (χ1n) is 7.82. The quantitative estimate of drug-likeness (QED) is 0.540. The van der Waals surface area contributed by atoms with Gasteiger partial charge in [0.15, 0.2) is 0 Å². The molecule has 0 unspecified atom stereocenters. The minimum Gasteiger partial charge on any atom is -0.453 e. The molecule has 0 saturated carbocycles. The predicted octanol–water partition coefficient (Wildman–Crippen LogP) is 1.09. The summed E-state index contributed by atoms with van der Waals surface area (Å²) in [6, 6.07) is 6.42. The first kappa shape index (κ1) is 19.0. The molecule has 0 aliphatic carbocycles.